The minimum atomic E-state index is -0.507. The van der Waals surface area contributed by atoms with Crippen LogP contribution in [0.4, 0.5) is 0 Å². The zero-order valence-electron chi connectivity index (χ0n) is 23.7. The molecule has 0 spiro atoms. The third-order valence-electron chi connectivity index (χ3n) is 11.3. The Morgan fingerprint density at radius 1 is 1.03 bits per heavy atom. The normalized spacial score (nSPS) is 37.5. The first-order valence-corrected chi connectivity index (χ1v) is 13.8. The average Bonchev–Trinajstić information content (AvgIpc) is 3.06. The zero-order valence-corrected chi connectivity index (χ0v) is 26.5. The maximum Gasteiger partial charge on any atom is 0.0564 e. The number of rotatable bonds is 5. The summed E-state index contributed by atoms with van der Waals surface area (Å²) in [4.78, 5) is 0. The van der Waals surface area contributed by atoms with Crippen molar-refractivity contribution in [1.82, 2.24) is 0 Å². The van der Waals surface area contributed by atoms with E-state index in [-0.39, 0.29) is 32.7 Å². The van der Waals surface area contributed by atoms with Gasteiger partial charge in [-0.15, -0.1) is 6.08 Å². The number of aliphatic hydroxyl groups is 2. The maximum absolute atomic E-state index is 10.0. The van der Waals surface area contributed by atoms with Crippen LogP contribution in [0.5, 0.6) is 0 Å². The van der Waals surface area contributed by atoms with Gasteiger partial charge in [-0.2, -0.15) is 6.42 Å². The molecule has 3 heteroatoms. The van der Waals surface area contributed by atoms with E-state index in [1.165, 1.54) is 32.1 Å². The molecule has 3 aliphatic carbocycles. The van der Waals surface area contributed by atoms with E-state index in [9.17, 15) is 10.2 Å². The van der Waals surface area contributed by atoms with Crippen molar-refractivity contribution in [1.29, 1.82) is 0 Å². The molecular formula is C31H53O2Y-. The summed E-state index contributed by atoms with van der Waals surface area (Å²) in [5.74, 6) is 3.59. The molecule has 0 aromatic rings. The molecule has 0 saturated heterocycles. The van der Waals surface area contributed by atoms with Crippen LogP contribution in [-0.2, 0) is 32.7 Å². The Kier molecular flexibility index (Phi) is 10.3. The third kappa shape index (κ3) is 6.08. The summed E-state index contributed by atoms with van der Waals surface area (Å²) in [6.45, 7) is 22.3. The van der Waals surface area contributed by atoms with Gasteiger partial charge in [0.15, 0.2) is 0 Å². The molecule has 8 atom stereocenters. The molecule has 1 radical (unpaired) electrons. The molecular weight excluding hydrogens is 493 g/mol. The fraction of sp³-hybridized carbons (Fsp3) is 0.839. The van der Waals surface area contributed by atoms with Crippen molar-refractivity contribution in [2.75, 3.05) is 0 Å². The number of fused-ring (bicyclic) bond motifs is 1. The van der Waals surface area contributed by atoms with Gasteiger partial charge in [0, 0.05) is 38.8 Å². The Bertz CT molecular complexity index is 733. The fourth-order valence-electron chi connectivity index (χ4n) is 7.66. The van der Waals surface area contributed by atoms with Gasteiger partial charge in [-0.3, -0.25) is 0 Å². The van der Waals surface area contributed by atoms with Crippen LogP contribution < -0.4 is 0 Å². The van der Waals surface area contributed by atoms with E-state index in [0.29, 0.717) is 46.8 Å². The van der Waals surface area contributed by atoms with Crippen LogP contribution in [0.3, 0.4) is 0 Å². The van der Waals surface area contributed by atoms with E-state index in [1.807, 2.05) is 6.42 Å². The van der Waals surface area contributed by atoms with Gasteiger partial charge in [0.2, 0.25) is 0 Å². The first-order chi connectivity index (χ1) is 15.2. The predicted molar refractivity (Wildman–Crippen MR) is 141 cm³/mol. The minimum absolute atomic E-state index is 0. The molecule has 2 nitrogen and oxygen atoms in total. The molecule has 193 valence electrons. The molecule has 0 bridgehead atoms. The van der Waals surface area contributed by atoms with Gasteiger partial charge >= 0.3 is 0 Å². The second-order valence-corrected chi connectivity index (χ2v) is 13.9. The molecule has 0 amide bonds. The summed E-state index contributed by atoms with van der Waals surface area (Å²) in [5, 5.41) is 20.0. The predicted octanol–water partition coefficient (Wildman–Crippen LogP) is 7.75. The molecule has 6 unspecified atom stereocenters. The maximum atomic E-state index is 10.0. The Balaban J connectivity index is 0.00000408. The summed E-state index contributed by atoms with van der Waals surface area (Å²) in [6, 6.07) is 0. The van der Waals surface area contributed by atoms with Gasteiger partial charge in [0.25, 0.3) is 0 Å². The second kappa shape index (κ2) is 11.4. The second-order valence-electron chi connectivity index (χ2n) is 13.9. The van der Waals surface area contributed by atoms with E-state index in [2.05, 4.69) is 74.5 Å². The zero-order chi connectivity index (χ0) is 24.8. The largest absolute Gasteiger partial charge is 0.407 e. The summed E-state index contributed by atoms with van der Waals surface area (Å²) < 4.78 is 0. The van der Waals surface area contributed by atoms with Crippen LogP contribution in [0.15, 0.2) is 23.3 Å². The molecule has 0 aromatic heterocycles. The van der Waals surface area contributed by atoms with E-state index in [0.717, 1.165) is 17.4 Å². The molecule has 0 aliphatic heterocycles. The Morgan fingerprint density at radius 2 is 1.68 bits per heavy atom. The topological polar surface area (TPSA) is 40.5 Å². The minimum Gasteiger partial charge on any atom is -0.407 e. The summed E-state index contributed by atoms with van der Waals surface area (Å²) in [6.07, 6.45) is 13.2. The summed E-state index contributed by atoms with van der Waals surface area (Å²) >= 11 is 0. The van der Waals surface area contributed by atoms with E-state index < -0.39 is 12.2 Å². The Morgan fingerprint density at radius 3 is 2.26 bits per heavy atom. The Labute approximate surface area is 236 Å². The van der Waals surface area contributed by atoms with Crippen molar-refractivity contribution >= 4 is 0 Å². The van der Waals surface area contributed by atoms with Crippen LogP contribution >= 0.6 is 0 Å². The van der Waals surface area contributed by atoms with Crippen molar-refractivity contribution in [2.45, 2.75) is 119 Å². The van der Waals surface area contributed by atoms with Crippen molar-refractivity contribution < 1.29 is 42.9 Å². The first kappa shape index (κ1) is 30.6. The van der Waals surface area contributed by atoms with E-state index >= 15 is 0 Å². The molecule has 0 aromatic carbocycles. The van der Waals surface area contributed by atoms with Gasteiger partial charge in [-0.1, -0.05) is 67.9 Å². The average molecular weight is 547 g/mol. The molecule has 0 heterocycles. The van der Waals surface area contributed by atoms with Gasteiger partial charge in [-0.25, -0.2) is 11.6 Å². The monoisotopic (exact) mass is 546 g/mol. The number of hydrogen-bond donors (Lipinski definition) is 2. The molecule has 3 rings (SSSR count). The van der Waals surface area contributed by atoms with Gasteiger partial charge in [0.1, 0.15) is 0 Å². The van der Waals surface area contributed by atoms with E-state index in [4.69, 9.17) is 0 Å². The van der Waals surface area contributed by atoms with Crippen LogP contribution in [0.2, 0.25) is 0 Å². The molecule has 2 N–H and O–H groups in total. The number of allylic oxidation sites excluding steroid dienone is 3. The Hall–Kier alpha value is 0.374. The summed E-state index contributed by atoms with van der Waals surface area (Å²) in [7, 11) is 0. The van der Waals surface area contributed by atoms with Gasteiger partial charge in [-0.05, 0) is 90.8 Å². The van der Waals surface area contributed by atoms with Crippen molar-refractivity contribution in [3.63, 3.8) is 0 Å². The van der Waals surface area contributed by atoms with Gasteiger partial charge < -0.3 is 10.2 Å². The standard InChI is InChI=1S/C31H53O2.Y/c1-20(22(3)30(7,8)29(4,5)6)21(2)27-14-15-28-24(11-10-16-31(27,28)9)13-12-23-17-25(32)19-26(33)18-23;/h12-13,17,20-22,25-28,32-33H,10-11,14-16,18-19H2,1-9H3;/q-1;/b23-12+,24-13+;/t20?,21?,22?,25-,26-,27?,28?,31?;/m1./s1. The smallest absolute Gasteiger partial charge is 0.0564 e. The van der Waals surface area contributed by atoms with Crippen molar-refractivity contribution in [3.8, 4) is 0 Å². The number of aliphatic hydroxyl groups excluding tert-OH is 2. The molecule has 3 saturated carbocycles. The number of hydrogen-bond acceptors (Lipinski definition) is 2. The van der Waals surface area contributed by atoms with Crippen LogP contribution in [0.1, 0.15) is 107 Å². The van der Waals surface area contributed by atoms with Gasteiger partial charge in [0.05, 0.1) is 6.10 Å². The molecule has 34 heavy (non-hydrogen) atoms. The van der Waals surface area contributed by atoms with Crippen molar-refractivity contribution in [2.24, 2.45) is 45.8 Å². The fourth-order valence-corrected chi connectivity index (χ4v) is 7.66. The SMILES string of the molecule is CC(C(C)C(C)C(C)(C)C(C)(C)C)C1CCC2/C(=C/C=C3\[CH-][C@@H](O)C[C@H](O)C3)CCCC21C.[Y]. The molecule has 3 fully saturated rings. The molecule has 3 aliphatic rings. The quantitative estimate of drug-likeness (QED) is 0.346. The van der Waals surface area contributed by atoms with E-state index in [1.54, 1.807) is 5.57 Å². The van der Waals surface area contributed by atoms with Crippen LogP contribution in [0.25, 0.3) is 0 Å². The van der Waals surface area contributed by atoms with Crippen LogP contribution in [-0.4, -0.2) is 22.4 Å². The van der Waals surface area contributed by atoms with Crippen LogP contribution in [0, 0.1) is 52.3 Å². The first-order valence-electron chi connectivity index (χ1n) is 13.8. The summed E-state index contributed by atoms with van der Waals surface area (Å²) in [5.41, 5.74) is 3.71. The third-order valence-corrected chi connectivity index (χ3v) is 11.3. The van der Waals surface area contributed by atoms with Crippen molar-refractivity contribution in [3.05, 3.63) is 29.7 Å².